The van der Waals surface area contributed by atoms with E-state index < -0.39 is 6.04 Å². The second-order valence-electron chi connectivity index (χ2n) is 10.1. The first kappa shape index (κ1) is 22.7. The molecule has 2 aliphatic heterocycles. The van der Waals surface area contributed by atoms with Crippen LogP contribution in [-0.2, 0) is 18.5 Å². The maximum absolute atomic E-state index is 13.6. The molecule has 9 heteroatoms. The largest absolute Gasteiger partial charge is 0.486 e. The zero-order valence-corrected chi connectivity index (χ0v) is 20.8. The number of ether oxygens (including phenoxy) is 2. The zero-order valence-electron chi connectivity index (χ0n) is 20.8. The molecule has 0 amide bonds. The van der Waals surface area contributed by atoms with E-state index in [-0.39, 0.29) is 11.1 Å². The highest BCUT2D eigenvalue weighted by Crippen LogP contribution is 2.37. The third-order valence-electron chi connectivity index (χ3n) is 7.53. The molecule has 0 unspecified atom stereocenters. The van der Waals surface area contributed by atoms with Crippen LogP contribution >= 0.6 is 0 Å². The fourth-order valence-corrected chi connectivity index (χ4v) is 5.15. The van der Waals surface area contributed by atoms with Crippen LogP contribution in [0.15, 0.2) is 47.3 Å². The Morgan fingerprint density at radius 1 is 1.08 bits per heavy atom. The molecule has 2 aliphatic rings. The van der Waals surface area contributed by atoms with Gasteiger partial charge in [0, 0.05) is 30.1 Å². The van der Waals surface area contributed by atoms with Gasteiger partial charge in [0.05, 0.1) is 11.1 Å². The first-order chi connectivity index (χ1) is 17.4. The van der Waals surface area contributed by atoms with Crippen molar-refractivity contribution in [2.24, 2.45) is 0 Å². The molecule has 2 aromatic heterocycles. The van der Waals surface area contributed by atoms with Crippen molar-refractivity contribution in [2.45, 2.75) is 51.7 Å². The first-order valence-corrected chi connectivity index (χ1v) is 12.5. The van der Waals surface area contributed by atoms with Crippen molar-refractivity contribution < 1.29 is 9.47 Å². The summed E-state index contributed by atoms with van der Waals surface area (Å²) in [5, 5.41) is 13.8. The fraction of sp³-hybridized carbons (Fsp3) is 0.407. The lowest BCUT2D eigenvalue weighted by Gasteiger charge is -2.36. The van der Waals surface area contributed by atoms with Crippen LogP contribution in [0.4, 0.5) is 0 Å². The van der Waals surface area contributed by atoms with Crippen molar-refractivity contribution in [3.63, 3.8) is 0 Å². The number of tetrazole rings is 1. The van der Waals surface area contributed by atoms with E-state index in [2.05, 4.69) is 70.4 Å². The SMILES string of the molecule is CCC(C)(C)n1nnnc1[C@@H](c1cc2cc3c(cc2[nH]c1=O)OCCO3)N1CCc2ccccc2C1. The summed E-state index contributed by atoms with van der Waals surface area (Å²) in [6.07, 6.45) is 1.74. The van der Waals surface area contributed by atoms with E-state index in [1.54, 1.807) is 0 Å². The smallest absolute Gasteiger partial charge is 0.253 e. The molecule has 4 heterocycles. The maximum Gasteiger partial charge on any atom is 0.253 e. The Morgan fingerprint density at radius 2 is 1.83 bits per heavy atom. The van der Waals surface area contributed by atoms with Gasteiger partial charge < -0.3 is 14.5 Å². The molecule has 0 saturated heterocycles. The number of fused-ring (bicyclic) bond motifs is 3. The molecule has 1 atom stereocenters. The van der Waals surface area contributed by atoms with E-state index in [1.165, 1.54) is 11.1 Å². The Morgan fingerprint density at radius 3 is 2.61 bits per heavy atom. The molecule has 9 nitrogen and oxygen atoms in total. The van der Waals surface area contributed by atoms with Crippen LogP contribution in [0.2, 0.25) is 0 Å². The lowest BCUT2D eigenvalue weighted by molar-refractivity contribution is 0.172. The van der Waals surface area contributed by atoms with Crippen molar-refractivity contribution in [2.75, 3.05) is 19.8 Å². The molecule has 0 saturated carbocycles. The maximum atomic E-state index is 13.6. The minimum Gasteiger partial charge on any atom is -0.486 e. The number of aromatic nitrogens is 5. The van der Waals surface area contributed by atoms with Gasteiger partial charge in [-0.05, 0) is 60.4 Å². The van der Waals surface area contributed by atoms with Gasteiger partial charge in [-0.25, -0.2) is 4.68 Å². The second kappa shape index (κ2) is 8.74. The Kier molecular flexibility index (Phi) is 5.52. The van der Waals surface area contributed by atoms with Crippen LogP contribution in [0, 0.1) is 0 Å². The highest BCUT2D eigenvalue weighted by Gasteiger charge is 2.35. The third-order valence-corrected chi connectivity index (χ3v) is 7.53. The highest BCUT2D eigenvalue weighted by atomic mass is 16.6. The van der Waals surface area contributed by atoms with E-state index in [0.29, 0.717) is 48.2 Å². The number of nitrogens with one attached hydrogen (secondary N) is 1. The number of rotatable bonds is 5. The molecule has 186 valence electrons. The topological polar surface area (TPSA) is 98.2 Å². The van der Waals surface area contributed by atoms with Gasteiger partial charge >= 0.3 is 0 Å². The van der Waals surface area contributed by atoms with E-state index in [4.69, 9.17) is 9.47 Å². The lowest BCUT2D eigenvalue weighted by atomic mass is 9.95. The van der Waals surface area contributed by atoms with Gasteiger partial charge in [0.2, 0.25) is 0 Å². The molecule has 6 rings (SSSR count). The Hall–Kier alpha value is -3.72. The molecule has 2 aromatic carbocycles. The van der Waals surface area contributed by atoms with Crippen LogP contribution < -0.4 is 15.0 Å². The minimum absolute atomic E-state index is 0.160. The molecule has 0 spiro atoms. The van der Waals surface area contributed by atoms with Crippen molar-refractivity contribution in [3.05, 3.63) is 75.3 Å². The number of aromatic amines is 1. The van der Waals surface area contributed by atoms with Crippen LogP contribution in [-0.4, -0.2) is 49.8 Å². The average molecular weight is 487 g/mol. The summed E-state index contributed by atoms with van der Waals surface area (Å²) >= 11 is 0. The van der Waals surface area contributed by atoms with Gasteiger partial charge in [0.1, 0.15) is 19.3 Å². The summed E-state index contributed by atoms with van der Waals surface area (Å²) in [5.74, 6) is 2.01. The molecular formula is C27H30N6O3. The van der Waals surface area contributed by atoms with Crippen molar-refractivity contribution >= 4 is 10.9 Å². The molecular weight excluding hydrogens is 456 g/mol. The van der Waals surface area contributed by atoms with E-state index in [1.807, 2.05) is 22.9 Å². The summed E-state index contributed by atoms with van der Waals surface area (Å²) in [7, 11) is 0. The highest BCUT2D eigenvalue weighted by molar-refractivity contribution is 5.83. The van der Waals surface area contributed by atoms with Crippen molar-refractivity contribution in [3.8, 4) is 11.5 Å². The van der Waals surface area contributed by atoms with E-state index >= 15 is 0 Å². The standard InChI is InChI=1S/C27H30N6O3/c1-4-27(2,3)33-25(29-30-31-33)24(32-10-9-17-7-5-6-8-18(17)16-32)20-13-19-14-22-23(36-12-11-35-22)15-21(19)28-26(20)34/h5-8,13-15,24H,4,9-12,16H2,1-3H3,(H,28,34)/t24-/m1/s1. The van der Waals surface area contributed by atoms with Crippen molar-refractivity contribution in [1.29, 1.82) is 0 Å². The van der Waals surface area contributed by atoms with Gasteiger partial charge in [-0.2, -0.15) is 0 Å². The number of benzene rings is 2. The van der Waals surface area contributed by atoms with Gasteiger partial charge in [-0.3, -0.25) is 9.69 Å². The quantitative estimate of drug-likeness (QED) is 0.460. The summed E-state index contributed by atoms with van der Waals surface area (Å²) in [5.41, 5.74) is 3.47. The van der Waals surface area contributed by atoms with Crippen LogP contribution in [0.5, 0.6) is 11.5 Å². The normalized spacial score (nSPS) is 16.6. The summed E-state index contributed by atoms with van der Waals surface area (Å²) in [6.45, 7) is 8.85. The predicted octanol–water partition coefficient (Wildman–Crippen LogP) is 3.58. The van der Waals surface area contributed by atoms with Crippen LogP contribution in [0.3, 0.4) is 0 Å². The summed E-state index contributed by atoms with van der Waals surface area (Å²) < 4.78 is 13.4. The Labute approximate surface area is 209 Å². The summed E-state index contributed by atoms with van der Waals surface area (Å²) in [4.78, 5) is 19.0. The average Bonchev–Trinajstić information content (AvgIpc) is 3.38. The Bertz CT molecular complexity index is 1490. The molecule has 0 radical (unpaired) electrons. The lowest BCUT2D eigenvalue weighted by Crippen LogP contribution is -2.40. The van der Waals surface area contributed by atoms with E-state index in [0.717, 1.165) is 24.8 Å². The Balaban J connectivity index is 1.52. The number of pyridine rings is 1. The van der Waals surface area contributed by atoms with Crippen LogP contribution in [0.1, 0.15) is 55.7 Å². The van der Waals surface area contributed by atoms with Gasteiger partial charge in [0.15, 0.2) is 17.3 Å². The molecule has 0 bridgehead atoms. The monoisotopic (exact) mass is 486 g/mol. The third kappa shape index (κ3) is 3.83. The molecule has 36 heavy (non-hydrogen) atoms. The van der Waals surface area contributed by atoms with Crippen molar-refractivity contribution in [1.82, 2.24) is 30.1 Å². The fourth-order valence-electron chi connectivity index (χ4n) is 5.15. The predicted molar refractivity (Wildman–Crippen MR) is 135 cm³/mol. The molecule has 1 N–H and O–H groups in total. The number of nitrogens with zero attached hydrogens (tertiary/aromatic N) is 5. The molecule has 0 aliphatic carbocycles. The molecule has 0 fully saturated rings. The van der Waals surface area contributed by atoms with E-state index in [9.17, 15) is 4.79 Å². The zero-order chi connectivity index (χ0) is 24.9. The minimum atomic E-state index is -0.416. The van der Waals surface area contributed by atoms with Gasteiger partial charge in [0.25, 0.3) is 5.56 Å². The summed E-state index contributed by atoms with van der Waals surface area (Å²) in [6, 6.07) is 13.8. The second-order valence-corrected chi connectivity index (χ2v) is 10.1. The first-order valence-electron chi connectivity index (χ1n) is 12.5. The number of hydrogen-bond acceptors (Lipinski definition) is 7. The molecule has 4 aromatic rings. The van der Waals surface area contributed by atoms with Gasteiger partial charge in [-0.1, -0.05) is 31.2 Å². The van der Waals surface area contributed by atoms with Crippen LogP contribution in [0.25, 0.3) is 10.9 Å². The number of H-pyrrole nitrogens is 1. The number of hydrogen-bond donors (Lipinski definition) is 1. The van der Waals surface area contributed by atoms with Gasteiger partial charge in [-0.15, -0.1) is 5.10 Å².